The first-order valence-corrected chi connectivity index (χ1v) is 5.19. The average Bonchev–Trinajstić information content (AvgIpc) is 2.43. The van der Waals surface area contributed by atoms with Crippen molar-refractivity contribution in [1.82, 2.24) is 5.32 Å². The number of carboxylic acids is 1. The van der Waals surface area contributed by atoms with Crippen LogP contribution in [0.25, 0.3) is 0 Å². The molecule has 104 valence electrons. The molecule has 4 N–H and O–H groups in total. The number of halogens is 2. The van der Waals surface area contributed by atoms with Crippen LogP contribution in [0.4, 0.5) is 9.59 Å². The topological polar surface area (TPSA) is 136 Å². The molecule has 2 atom stereocenters. The normalized spacial score (nSPS) is 18.2. The number of hydrogen-bond acceptors (Lipinski definition) is 6. The van der Waals surface area contributed by atoms with Crippen molar-refractivity contribution in [1.29, 1.82) is 0 Å². The van der Waals surface area contributed by atoms with Crippen LogP contribution in [-0.2, 0) is 14.3 Å². The third kappa shape index (κ3) is 12.7. The highest BCUT2D eigenvalue weighted by Crippen LogP contribution is 1.96. The number of alkyl carbamates (subject to hydrolysis) is 1. The van der Waals surface area contributed by atoms with Gasteiger partial charge in [0.25, 0.3) is 0 Å². The lowest BCUT2D eigenvalue weighted by Gasteiger charge is -1.90. The Kier molecular flexibility index (Phi) is 10.1. The molecule has 0 saturated carbocycles. The summed E-state index contributed by atoms with van der Waals surface area (Å²) in [5.74, 6) is -1.47. The van der Waals surface area contributed by atoms with E-state index in [-0.39, 0.29) is 0 Å². The van der Waals surface area contributed by atoms with Crippen molar-refractivity contribution in [3.05, 3.63) is 0 Å². The van der Waals surface area contributed by atoms with Crippen LogP contribution in [0.1, 0.15) is 13.8 Å². The van der Waals surface area contributed by atoms with Gasteiger partial charge in [-0.1, -0.05) is 0 Å². The van der Waals surface area contributed by atoms with Crippen LogP contribution in [0.15, 0.2) is 0 Å². The van der Waals surface area contributed by atoms with Gasteiger partial charge in [-0.2, -0.15) is 0 Å². The molecule has 1 aliphatic heterocycles. The van der Waals surface area contributed by atoms with Gasteiger partial charge in [0.05, 0.1) is 0 Å². The number of aliphatic carboxylic acids is 1. The molecular formula is C8H12Cl2N2O6. The number of ether oxygens (including phenoxy) is 1. The molecule has 0 aromatic rings. The van der Waals surface area contributed by atoms with Gasteiger partial charge < -0.3 is 20.9 Å². The van der Waals surface area contributed by atoms with Gasteiger partial charge >= 0.3 is 22.7 Å². The molecule has 0 aliphatic carbocycles. The Balaban J connectivity index is 0. The fourth-order valence-corrected chi connectivity index (χ4v) is 0.445. The van der Waals surface area contributed by atoms with Gasteiger partial charge in [0.15, 0.2) is 0 Å². The van der Waals surface area contributed by atoms with E-state index in [1.807, 2.05) is 0 Å². The summed E-state index contributed by atoms with van der Waals surface area (Å²) >= 11 is 8.80. The molecule has 10 heteroatoms. The summed E-state index contributed by atoms with van der Waals surface area (Å²) in [7, 11) is 0. The van der Waals surface area contributed by atoms with Crippen LogP contribution >= 0.6 is 23.2 Å². The summed E-state index contributed by atoms with van der Waals surface area (Å²) in [6.07, 6.45) is -0.650. The van der Waals surface area contributed by atoms with Crippen molar-refractivity contribution in [2.24, 2.45) is 5.73 Å². The van der Waals surface area contributed by atoms with E-state index < -0.39 is 34.8 Å². The summed E-state index contributed by atoms with van der Waals surface area (Å²) in [6.45, 7) is 2.98. The Labute approximate surface area is 112 Å². The summed E-state index contributed by atoms with van der Waals surface area (Å²) < 4.78 is 3.20. The molecule has 1 heterocycles. The number of carbonyl (C=O) groups excluding carboxylic acids is 3. The molecule has 0 aromatic heterocycles. The third-order valence-electron chi connectivity index (χ3n) is 1.27. The van der Waals surface area contributed by atoms with Crippen molar-refractivity contribution in [3.8, 4) is 0 Å². The predicted octanol–water partition coefficient (Wildman–Crippen LogP) is 0.643. The summed E-state index contributed by atoms with van der Waals surface area (Å²) in [6, 6.07) is -1.20. The smallest absolute Gasteiger partial charge is 0.415 e. The Morgan fingerprint density at radius 1 is 1.44 bits per heavy atom. The highest BCUT2D eigenvalue weighted by Gasteiger charge is 2.27. The number of amides is 1. The van der Waals surface area contributed by atoms with E-state index in [2.05, 4.69) is 33.3 Å². The maximum Gasteiger partial charge on any atom is 0.415 e. The van der Waals surface area contributed by atoms with Gasteiger partial charge in [-0.25, -0.2) is 9.59 Å². The van der Waals surface area contributed by atoms with Gasteiger partial charge in [-0.3, -0.25) is 9.59 Å². The zero-order valence-corrected chi connectivity index (χ0v) is 11.0. The molecule has 0 radical (unpaired) electrons. The lowest BCUT2D eigenvalue weighted by molar-refractivity contribution is -0.138. The molecular weight excluding hydrogens is 291 g/mol. The van der Waals surface area contributed by atoms with Gasteiger partial charge in [0.2, 0.25) is 0 Å². The van der Waals surface area contributed by atoms with Crippen molar-refractivity contribution in [2.75, 3.05) is 0 Å². The molecule has 1 saturated heterocycles. The fraction of sp³-hybridized carbons (Fsp3) is 0.500. The molecule has 1 aliphatic rings. The van der Waals surface area contributed by atoms with Crippen molar-refractivity contribution in [2.45, 2.75) is 25.9 Å². The van der Waals surface area contributed by atoms with Gasteiger partial charge in [-0.05, 0) is 37.0 Å². The SMILES string of the molecule is CC(N)C(=O)O.CC1NC(=O)OC1=O.O=C(Cl)Cl. The number of rotatable bonds is 1. The van der Waals surface area contributed by atoms with Crippen LogP contribution < -0.4 is 11.1 Å². The second-order valence-electron chi connectivity index (χ2n) is 2.93. The number of nitrogens with two attached hydrogens (primary N) is 1. The molecule has 2 unspecified atom stereocenters. The first kappa shape index (κ1) is 19.0. The largest absolute Gasteiger partial charge is 0.480 e. The van der Waals surface area contributed by atoms with Crippen molar-refractivity contribution < 1.29 is 29.0 Å². The van der Waals surface area contributed by atoms with Crippen LogP contribution in [0.3, 0.4) is 0 Å². The maximum atomic E-state index is 10.3. The van der Waals surface area contributed by atoms with Crippen LogP contribution in [0.2, 0.25) is 0 Å². The first-order valence-electron chi connectivity index (χ1n) is 4.43. The Morgan fingerprint density at radius 3 is 1.83 bits per heavy atom. The van der Waals surface area contributed by atoms with E-state index in [9.17, 15) is 14.4 Å². The maximum absolute atomic E-state index is 10.3. The lowest BCUT2D eigenvalue weighted by atomic mass is 10.4. The summed E-state index contributed by atoms with van der Waals surface area (Å²) in [5.41, 5.74) is 4.84. The number of cyclic esters (lactones) is 2. The molecule has 1 fully saturated rings. The average molecular weight is 303 g/mol. The van der Waals surface area contributed by atoms with Crippen molar-refractivity contribution in [3.63, 3.8) is 0 Å². The number of carboxylic acid groups (broad SMARTS) is 1. The van der Waals surface area contributed by atoms with E-state index in [4.69, 9.17) is 15.6 Å². The monoisotopic (exact) mass is 302 g/mol. The molecule has 0 bridgehead atoms. The van der Waals surface area contributed by atoms with Gasteiger partial charge in [0, 0.05) is 0 Å². The molecule has 1 rings (SSSR count). The van der Waals surface area contributed by atoms with Crippen LogP contribution in [-0.4, -0.2) is 39.9 Å². The Bertz CT molecular complexity index is 330. The number of hydrogen-bond donors (Lipinski definition) is 3. The van der Waals surface area contributed by atoms with E-state index in [1.165, 1.54) is 6.92 Å². The second kappa shape index (κ2) is 9.63. The zero-order valence-electron chi connectivity index (χ0n) is 9.48. The van der Waals surface area contributed by atoms with E-state index in [0.29, 0.717) is 0 Å². The lowest BCUT2D eigenvalue weighted by Crippen LogP contribution is -2.25. The number of esters is 1. The summed E-state index contributed by atoms with van der Waals surface area (Å²) in [5, 5.41) is 10.1. The quantitative estimate of drug-likeness (QED) is 0.367. The second-order valence-corrected chi connectivity index (χ2v) is 3.81. The van der Waals surface area contributed by atoms with E-state index >= 15 is 0 Å². The van der Waals surface area contributed by atoms with Crippen LogP contribution in [0.5, 0.6) is 0 Å². The number of nitrogens with one attached hydrogen (secondary N) is 1. The minimum Gasteiger partial charge on any atom is -0.480 e. The van der Waals surface area contributed by atoms with E-state index in [1.54, 1.807) is 6.92 Å². The summed E-state index contributed by atoms with van der Waals surface area (Å²) in [4.78, 5) is 38.9. The predicted molar refractivity (Wildman–Crippen MR) is 62.5 cm³/mol. The molecule has 1 amide bonds. The van der Waals surface area contributed by atoms with E-state index in [0.717, 1.165) is 0 Å². The number of carbonyl (C=O) groups is 4. The first-order chi connectivity index (χ1) is 8.07. The Hall–Kier alpha value is -1.38. The molecule has 18 heavy (non-hydrogen) atoms. The standard InChI is InChI=1S/C4H5NO3.C3H7NO2.CCl2O/c1-2-3(6)8-4(7)5-2;1-2(4)3(5)6;2-1(3)4/h2H,1H3,(H,5,7);2H,4H2,1H3,(H,5,6);. The molecule has 8 nitrogen and oxygen atoms in total. The van der Waals surface area contributed by atoms with Crippen molar-refractivity contribution >= 4 is 45.9 Å². The van der Waals surface area contributed by atoms with Gasteiger partial charge in [0.1, 0.15) is 12.1 Å². The highest BCUT2D eigenvalue weighted by atomic mass is 35.5. The minimum atomic E-state index is -0.963. The molecule has 0 spiro atoms. The zero-order chi connectivity index (χ0) is 14.9. The van der Waals surface area contributed by atoms with Gasteiger partial charge in [-0.15, -0.1) is 0 Å². The fourth-order valence-electron chi connectivity index (χ4n) is 0.445. The highest BCUT2D eigenvalue weighted by molar-refractivity contribution is 6.93. The van der Waals surface area contributed by atoms with Crippen LogP contribution in [0, 0.1) is 0 Å². The molecule has 0 aromatic carbocycles. The Morgan fingerprint density at radius 2 is 1.78 bits per heavy atom. The minimum absolute atomic E-state index is 0.470. The third-order valence-corrected chi connectivity index (χ3v) is 1.27.